The van der Waals surface area contributed by atoms with Crippen molar-refractivity contribution in [1.82, 2.24) is 20.5 Å². The molecular weight excluding hydrogens is 260 g/mol. The average molecular weight is 278 g/mol. The van der Waals surface area contributed by atoms with Gasteiger partial charge in [0.1, 0.15) is 10.7 Å². The molecule has 2 rings (SSSR count). The molecule has 0 aliphatic rings. The summed E-state index contributed by atoms with van der Waals surface area (Å²) >= 11 is 1.63. The number of nitrogens with zero attached hydrogens (tertiary/aromatic N) is 3. The highest BCUT2D eigenvalue weighted by Gasteiger charge is 2.07. The fraction of sp³-hybridized carbons (Fsp3) is 0.462. The van der Waals surface area contributed by atoms with Crippen molar-refractivity contribution in [3.63, 3.8) is 0 Å². The van der Waals surface area contributed by atoms with Crippen LogP contribution in [0.3, 0.4) is 0 Å². The summed E-state index contributed by atoms with van der Waals surface area (Å²) in [6, 6.07) is 3.66. The van der Waals surface area contributed by atoms with Gasteiger partial charge in [0.2, 0.25) is 5.88 Å². The van der Waals surface area contributed by atoms with Crippen LogP contribution in [-0.2, 0) is 6.54 Å². The largest absolute Gasteiger partial charge is 0.480 e. The van der Waals surface area contributed by atoms with Crippen LogP contribution >= 0.6 is 11.3 Å². The summed E-state index contributed by atoms with van der Waals surface area (Å²) in [4.78, 5) is 5.58. The molecule has 0 fully saturated rings. The lowest BCUT2D eigenvalue weighted by Gasteiger charge is -2.04. The Bertz CT molecular complexity index is 510. The molecule has 5 nitrogen and oxygen atoms in total. The van der Waals surface area contributed by atoms with Crippen LogP contribution in [0, 0.1) is 5.92 Å². The van der Waals surface area contributed by atoms with E-state index in [-0.39, 0.29) is 0 Å². The molecule has 19 heavy (non-hydrogen) atoms. The molecule has 0 unspecified atom stereocenters. The van der Waals surface area contributed by atoms with E-state index in [4.69, 9.17) is 4.74 Å². The lowest BCUT2D eigenvalue weighted by molar-refractivity contribution is 0.392. The SMILES string of the molecule is COc1ccc(-c2ncc(CNCC(C)C)s2)nn1. The Kier molecular flexibility index (Phi) is 4.81. The summed E-state index contributed by atoms with van der Waals surface area (Å²) in [6.07, 6.45) is 1.89. The highest BCUT2D eigenvalue weighted by atomic mass is 32.1. The summed E-state index contributed by atoms with van der Waals surface area (Å²) in [6.45, 7) is 6.24. The van der Waals surface area contributed by atoms with Crippen molar-refractivity contribution in [1.29, 1.82) is 0 Å². The third kappa shape index (κ3) is 3.97. The minimum atomic E-state index is 0.513. The number of aromatic nitrogens is 3. The molecule has 0 saturated heterocycles. The zero-order valence-electron chi connectivity index (χ0n) is 11.4. The fourth-order valence-electron chi connectivity index (χ4n) is 1.53. The van der Waals surface area contributed by atoms with Crippen LogP contribution in [0.15, 0.2) is 18.3 Å². The van der Waals surface area contributed by atoms with Gasteiger partial charge in [0, 0.05) is 23.7 Å². The second-order valence-corrected chi connectivity index (χ2v) is 5.73. The van der Waals surface area contributed by atoms with E-state index in [9.17, 15) is 0 Å². The minimum absolute atomic E-state index is 0.513. The van der Waals surface area contributed by atoms with Crippen LogP contribution < -0.4 is 10.1 Å². The van der Waals surface area contributed by atoms with Gasteiger partial charge in [-0.25, -0.2) is 4.98 Å². The molecular formula is C13H18N4OS. The zero-order valence-corrected chi connectivity index (χ0v) is 12.2. The van der Waals surface area contributed by atoms with E-state index >= 15 is 0 Å². The number of hydrogen-bond donors (Lipinski definition) is 1. The third-order valence-electron chi connectivity index (χ3n) is 2.47. The van der Waals surface area contributed by atoms with Crippen molar-refractivity contribution in [2.75, 3.05) is 13.7 Å². The number of rotatable bonds is 6. The molecule has 1 N–H and O–H groups in total. The number of nitrogens with one attached hydrogen (secondary N) is 1. The summed E-state index contributed by atoms with van der Waals surface area (Å²) in [7, 11) is 1.57. The molecule has 2 heterocycles. The highest BCUT2D eigenvalue weighted by molar-refractivity contribution is 7.14. The first kappa shape index (κ1) is 13.9. The molecule has 0 aliphatic carbocycles. The third-order valence-corrected chi connectivity index (χ3v) is 3.49. The topological polar surface area (TPSA) is 59.9 Å². The smallest absolute Gasteiger partial charge is 0.233 e. The maximum absolute atomic E-state index is 4.99. The van der Waals surface area contributed by atoms with Crippen LogP contribution in [0.1, 0.15) is 18.7 Å². The van der Waals surface area contributed by atoms with Crippen LogP contribution in [0.4, 0.5) is 0 Å². The maximum atomic E-state index is 4.99. The van der Waals surface area contributed by atoms with Gasteiger partial charge in [-0.3, -0.25) is 0 Å². The van der Waals surface area contributed by atoms with Crippen molar-refractivity contribution in [3.8, 4) is 16.6 Å². The van der Waals surface area contributed by atoms with Crippen LogP contribution in [0.5, 0.6) is 5.88 Å². The van der Waals surface area contributed by atoms with Gasteiger partial charge < -0.3 is 10.1 Å². The predicted octanol–water partition coefficient (Wildman–Crippen LogP) is 2.35. The van der Waals surface area contributed by atoms with E-state index in [1.54, 1.807) is 24.5 Å². The van der Waals surface area contributed by atoms with Crippen molar-refractivity contribution in [2.45, 2.75) is 20.4 Å². The summed E-state index contributed by atoms with van der Waals surface area (Å²) in [5, 5.41) is 12.3. The lowest BCUT2D eigenvalue weighted by atomic mass is 10.2. The number of hydrogen-bond acceptors (Lipinski definition) is 6. The van der Waals surface area contributed by atoms with Crippen LogP contribution in [-0.4, -0.2) is 28.8 Å². The first-order chi connectivity index (χ1) is 9.19. The van der Waals surface area contributed by atoms with E-state index in [1.807, 2.05) is 12.3 Å². The molecule has 0 radical (unpaired) electrons. The van der Waals surface area contributed by atoms with Crippen LogP contribution in [0.25, 0.3) is 10.7 Å². The molecule has 2 aromatic rings. The Balaban J connectivity index is 1.99. The molecule has 0 saturated carbocycles. The molecule has 0 spiro atoms. The van der Waals surface area contributed by atoms with Gasteiger partial charge in [-0.15, -0.1) is 21.5 Å². The second-order valence-electron chi connectivity index (χ2n) is 4.62. The van der Waals surface area contributed by atoms with Crippen molar-refractivity contribution in [3.05, 3.63) is 23.2 Å². The molecule has 0 amide bonds. The van der Waals surface area contributed by atoms with Crippen molar-refractivity contribution >= 4 is 11.3 Å². The summed E-state index contributed by atoms with van der Waals surface area (Å²) < 4.78 is 4.99. The van der Waals surface area contributed by atoms with E-state index in [0.29, 0.717) is 11.8 Å². The molecule has 2 aromatic heterocycles. The molecule has 0 bridgehead atoms. The Hall–Kier alpha value is -1.53. The van der Waals surface area contributed by atoms with Gasteiger partial charge in [0.15, 0.2) is 0 Å². The standard InChI is InChI=1S/C13H18N4OS/c1-9(2)6-14-7-10-8-15-13(19-10)11-4-5-12(18-3)17-16-11/h4-5,8-9,14H,6-7H2,1-3H3. The van der Waals surface area contributed by atoms with Crippen molar-refractivity contribution < 1.29 is 4.74 Å². The molecule has 6 heteroatoms. The monoisotopic (exact) mass is 278 g/mol. The van der Waals surface area contributed by atoms with Gasteiger partial charge >= 0.3 is 0 Å². The Labute approximate surface area is 117 Å². The zero-order chi connectivity index (χ0) is 13.7. The quantitative estimate of drug-likeness (QED) is 0.879. The second kappa shape index (κ2) is 6.58. The lowest BCUT2D eigenvalue weighted by Crippen LogP contribution is -2.18. The summed E-state index contributed by atoms with van der Waals surface area (Å²) in [5.74, 6) is 1.17. The number of ether oxygens (including phenoxy) is 1. The molecule has 0 aromatic carbocycles. The van der Waals surface area contributed by atoms with Gasteiger partial charge in [-0.2, -0.15) is 0 Å². The summed E-state index contributed by atoms with van der Waals surface area (Å²) in [5.41, 5.74) is 0.779. The molecule has 0 aliphatic heterocycles. The first-order valence-corrected chi connectivity index (χ1v) is 7.04. The predicted molar refractivity (Wildman–Crippen MR) is 76.2 cm³/mol. The minimum Gasteiger partial charge on any atom is -0.480 e. The Morgan fingerprint density at radius 2 is 2.16 bits per heavy atom. The van der Waals surface area contributed by atoms with Gasteiger partial charge in [-0.05, 0) is 18.5 Å². The highest BCUT2D eigenvalue weighted by Crippen LogP contribution is 2.23. The fourth-order valence-corrected chi connectivity index (χ4v) is 2.38. The van der Waals surface area contributed by atoms with Gasteiger partial charge in [0.05, 0.1) is 7.11 Å². The van der Waals surface area contributed by atoms with E-state index in [0.717, 1.165) is 23.8 Å². The average Bonchev–Trinajstić information content (AvgIpc) is 2.87. The van der Waals surface area contributed by atoms with E-state index in [2.05, 4.69) is 34.3 Å². The van der Waals surface area contributed by atoms with Gasteiger partial charge in [-0.1, -0.05) is 13.8 Å². The Morgan fingerprint density at radius 1 is 1.32 bits per heavy atom. The normalized spacial score (nSPS) is 10.9. The van der Waals surface area contributed by atoms with Crippen LogP contribution in [0.2, 0.25) is 0 Å². The van der Waals surface area contributed by atoms with Crippen molar-refractivity contribution in [2.24, 2.45) is 5.92 Å². The van der Waals surface area contributed by atoms with E-state index < -0.39 is 0 Å². The number of methoxy groups -OCH3 is 1. The van der Waals surface area contributed by atoms with Gasteiger partial charge in [0.25, 0.3) is 0 Å². The molecule has 102 valence electrons. The maximum Gasteiger partial charge on any atom is 0.233 e. The first-order valence-electron chi connectivity index (χ1n) is 6.22. The Morgan fingerprint density at radius 3 is 2.79 bits per heavy atom. The number of thiazole rings is 1. The molecule has 0 atom stereocenters. The van der Waals surface area contributed by atoms with E-state index in [1.165, 1.54) is 4.88 Å².